The highest BCUT2D eigenvalue weighted by molar-refractivity contribution is 5.63. The van der Waals surface area contributed by atoms with Crippen molar-refractivity contribution < 1.29 is 0 Å². The van der Waals surface area contributed by atoms with Crippen LogP contribution >= 0.6 is 0 Å². The average molecular weight is 209 g/mol. The van der Waals surface area contributed by atoms with Crippen molar-refractivity contribution in [2.75, 3.05) is 0 Å². The Morgan fingerprint density at radius 3 is 2.31 bits per heavy atom. The topological polar surface area (TPSA) is 26.0 Å². The van der Waals surface area contributed by atoms with E-state index in [1.807, 2.05) is 42.5 Å². The van der Waals surface area contributed by atoms with Gasteiger partial charge in [-0.2, -0.15) is 0 Å². The van der Waals surface area contributed by atoms with Crippen molar-refractivity contribution in [2.24, 2.45) is 5.73 Å². The molecule has 1 heteroatoms. The lowest BCUT2D eigenvalue weighted by Crippen LogP contribution is -2.31. The lowest BCUT2D eigenvalue weighted by atomic mass is 10.1. The molecule has 80 valence electrons. The summed E-state index contributed by atoms with van der Waals surface area (Å²) in [6.45, 7) is 6.08. The Kier molecular flexibility index (Phi) is 2.78. The fraction of sp³-hybridized carbons (Fsp3) is 0.0667. The monoisotopic (exact) mass is 209 g/mol. The van der Waals surface area contributed by atoms with Gasteiger partial charge < -0.3 is 5.73 Å². The molecule has 16 heavy (non-hydrogen) atoms. The Bertz CT molecular complexity index is 597. The summed E-state index contributed by atoms with van der Waals surface area (Å²) in [7, 11) is 0. The van der Waals surface area contributed by atoms with E-state index in [9.17, 15) is 0 Å². The number of nitrogens with two attached hydrogens (primary N) is 1. The molecule has 0 saturated heterocycles. The fourth-order valence-electron chi connectivity index (χ4n) is 1.88. The quantitative estimate of drug-likeness (QED) is 0.757. The predicted molar refractivity (Wildman–Crippen MR) is 69.1 cm³/mol. The standard InChI is InChI=1S/C15H15N/c1-11-7-6-8-12(2)14(11)15(16)13-9-4-3-5-10-13/h3-10H,1,16H2,2H3/b15-14+. The predicted octanol–water partition coefficient (Wildman–Crippen LogP) is 1.52. The highest BCUT2D eigenvalue weighted by Crippen LogP contribution is 2.04. The number of hydrogen-bond donors (Lipinski definition) is 1. The fourth-order valence-corrected chi connectivity index (χ4v) is 1.88. The van der Waals surface area contributed by atoms with Gasteiger partial charge in [-0.1, -0.05) is 55.1 Å². The first-order valence-electron chi connectivity index (χ1n) is 5.30. The molecule has 2 N–H and O–H groups in total. The van der Waals surface area contributed by atoms with Crippen molar-refractivity contribution in [3.8, 4) is 0 Å². The minimum Gasteiger partial charge on any atom is -0.398 e. The zero-order chi connectivity index (χ0) is 11.5. The van der Waals surface area contributed by atoms with E-state index >= 15 is 0 Å². The second-order valence-corrected chi connectivity index (χ2v) is 3.89. The van der Waals surface area contributed by atoms with Crippen molar-refractivity contribution in [1.82, 2.24) is 0 Å². The van der Waals surface area contributed by atoms with Crippen LogP contribution in [0.5, 0.6) is 0 Å². The van der Waals surface area contributed by atoms with Gasteiger partial charge in [0, 0.05) is 10.9 Å². The van der Waals surface area contributed by atoms with E-state index in [0.717, 1.165) is 27.3 Å². The van der Waals surface area contributed by atoms with Gasteiger partial charge >= 0.3 is 0 Å². The summed E-state index contributed by atoms with van der Waals surface area (Å²) in [5.41, 5.74) is 9.19. The molecule has 2 aromatic carbocycles. The van der Waals surface area contributed by atoms with E-state index in [1.54, 1.807) is 0 Å². The molecule has 0 fully saturated rings. The van der Waals surface area contributed by atoms with E-state index in [0.29, 0.717) is 0 Å². The Balaban J connectivity index is 2.80. The molecule has 1 nitrogen and oxygen atoms in total. The van der Waals surface area contributed by atoms with E-state index in [2.05, 4.69) is 19.6 Å². The highest BCUT2D eigenvalue weighted by atomic mass is 14.6. The summed E-state index contributed by atoms with van der Waals surface area (Å²) < 4.78 is 0. The third-order valence-electron chi connectivity index (χ3n) is 2.71. The van der Waals surface area contributed by atoms with Crippen LogP contribution in [0.2, 0.25) is 0 Å². The Morgan fingerprint density at radius 1 is 1.00 bits per heavy atom. The van der Waals surface area contributed by atoms with Gasteiger partial charge in [0.05, 0.1) is 0 Å². The summed E-state index contributed by atoms with van der Waals surface area (Å²) in [4.78, 5) is 0. The van der Waals surface area contributed by atoms with Gasteiger partial charge in [-0.05, 0) is 23.3 Å². The van der Waals surface area contributed by atoms with Crippen LogP contribution in [0.15, 0.2) is 48.5 Å². The van der Waals surface area contributed by atoms with Crippen LogP contribution in [0.3, 0.4) is 0 Å². The van der Waals surface area contributed by atoms with Gasteiger partial charge in [0.1, 0.15) is 0 Å². The van der Waals surface area contributed by atoms with E-state index < -0.39 is 0 Å². The van der Waals surface area contributed by atoms with Crippen LogP contribution in [0.1, 0.15) is 11.1 Å². The minimum atomic E-state index is 0.795. The molecule has 0 spiro atoms. The molecule has 0 radical (unpaired) electrons. The van der Waals surface area contributed by atoms with Crippen LogP contribution in [0.25, 0.3) is 12.3 Å². The maximum absolute atomic E-state index is 6.19. The van der Waals surface area contributed by atoms with Gasteiger partial charge in [0.2, 0.25) is 0 Å². The Morgan fingerprint density at radius 2 is 1.69 bits per heavy atom. The van der Waals surface area contributed by atoms with Gasteiger partial charge in [-0.3, -0.25) is 0 Å². The Labute approximate surface area is 95.5 Å². The number of aryl methyl sites for hydroxylation is 1. The minimum absolute atomic E-state index is 0.795. The third kappa shape index (κ3) is 1.84. The molecule has 0 aliphatic carbocycles. The van der Waals surface area contributed by atoms with Crippen molar-refractivity contribution in [3.05, 3.63) is 70.1 Å². The summed E-state index contributed by atoms with van der Waals surface area (Å²) in [6, 6.07) is 16.0. The molecular formula is C15H15N. The zero-order valence-electron chi connectivity index (χ0n) is 9.40. The Hall–Kier alpha value is -2.02. The average Bonchev–Trinajstić information content (AvgIpc) is 2.30. The van der Waals surface area contributed by atoms with Crippen molar-refractivity contribution in [1.29, 1.82) is 0 Å². The first kappa shape index (κ1) is 10.5. The SMILES string of the molecule is C=c1cccc(C)/c1=C(/N)c1ccccc1. The van der Waals surface area contributed by atoms with Gasteiger partial charge in [-0.15, -0.1) is 0 Å². The van der Waals surface area contributed by atoms with E-state index in [-0.39, 0.29) is 0 Å². The molecule has 0 aliphatic heterocycles. The summed E-state index contributed by atoms with van der Waals surface area (Å²) >= 11 is 0. The largest absolute Gasteiger partial charge is 0.398 e. The van der Waals surface area contributed by atoms with Gasteiger partial charge in [-0.25, -0.2) is 0 Å². The number of rotatable bonds is 1. The number of hydrogen-bond acceptors (Lipinski definition) is 1. The molecule has 0 saturated carbocycles. The molecule has 0 heterocycles. The number of benzene rings is 2. The lowest BCUT2D eigenvalue weighted by molar-refractivity contribution is 1.32. The summed E-state index contributed by atoms with van der Waals surface area (Å²) in [6.07, 6.45) is 0. The molecule has 0 unspecified atom stereocenters. The van der Waals surface area contributed by atoms with Crippen molar-refractivity contribution in [2.45, 2.75) is 6.92 Å². The normalized spacial score (nSPS) is 12.3. The third-order valence-corrected chi connectivity index (χ3v) is 2.71. The van der Waals surface area contributed by atoms with E-state index in [4.69, 9.17) is 5.73 Å². The van der Waals surface area contributed by atoms with Crippen LogP contribution in [-0.2, 0) is 0 Å². The maximum Gasteiger partial charge on any atom is 0.0469 e. The first-order chi connectivity index (χ1) is 7.70. The molecule has 0 atom stereocenters. The molecule has 0 aliphatic rings. The van der Waals surface area contributed by atoms with Crippen LogP contribution < -0.4 is 16.2 Å². The van der Waals surface area contributed by atoms with E-state index in [1.165, 1.54) is 0 Å². The second-order valence-electron chi connectivity index (χ2n) is 3.89. The van der Waals surface area contributed by atoms with Gasteiger partial charge in [0.15, 0.2) is 0 Å². The molecule has 2 aromatic rings. The zero-order valence-corrected chi connectivity index (χ0v) is 9.40. The second kappa shape index (κ2) is 4.23. The lowest BCUT2D eigenvalue weighted by Gasteiger charge is -2.04. The van der Waals surface area contributed by atoms with Crippen molar-refractivity contribution in [3.63, 3.8) is 0 Å². The smallest absolute Gasteiger partial charge is 0.0469 e. The molecule has 0 bridgehead atoms. The summed E-state index contributed by atoms with van der Waals surface area (Å²) in [5.74, 6) is 0. The first-order valence-corrected chi connectivity index (χ1v) is 5.30. The molecule has 0 amide bonds. The van der Waals surface area contributed by atoms with Crippen LogP contribution in [0.4, 0.5) is 0 Å². The molecule has 0 aromatic heterocycles. The highest BCUT2D eigenvalue weighted by Gasteiger charge is 1.99. The summed E-state index contributed by atoms with van der Waals surface area (Å²) in [5, 5.41) is 2.02. The van der Waals surface area contributed by atoms with Gasteiger partial charge in [0.25, 0.3) is 0 Å². The van der Waals surface area contributed by atoms with Crippen molar-refractivity contribution >= 4 is 12.3 Å². The maximum atomic E-state index is 6.19. The molecular weight excluding hydrogens is 194 g/mol. The van der Waals surface area contributed by atoms with Crippen LogP contribution in [-0.4, -0.2) is 0 Å². The van der Waals surface area contributed by atoms with Crippen LogP contribution in [0, 0.1) is 6.92 Å². The molecule has 2 rings (SSSR count).